The average Bonchev–Trinajstić information content (AvgIpc) is 3.06. The molecule has 23 heavy (non-hydrogen) atoms. The van der Waals surface area contributed by atoms with Crippen LogP contribution in [0.2, 0.25) is 0 Å². The number of nitrogens with one attached hydrogen (secondary N) is 2. The summed E-state index contributed by atoms with van der Waals surface area (Å²) in [7, 11) is 0. The third kappa shape index (κ3) is 4.91. The number of hydrogen-bond acceptors (Lipinski definition) is 4. The minimum atomic E-state index is -1.10. The fourth-order valence-electron chi connectivity index (χ4n) is 2.03. The molecule has 3 N–H and O–H groups in total. The summed E-state index contributed by atoms with van der Waals surface area (Å²) >= 11 is 1.50. The number of benzene rings is 1. The highest BCUT2D eigenvalue weighted by Gasteiger charge is 2.24. The van der Waals surface area contributed by atoms with Gasteiger partial charge in [-0.2, -0.15) is 11.3 Å². The van der Waals surface area contributed by atoms with E-state index in [1.54, 1.807) is 31.2 Å². The van der Waals surface area contributed by atoms with Crippen LogP contribution in [0.5, 0.6) is 0 Å². The third-order valence-electron chi connectivity index (χ3n) is 3.49. The predicted molar refractivity (Wildman–Crippen MR) is 90.2 cm³/mol. The van der Waals surface area contributed by atoms with Gasteiger partial charge in [0.2, 0.25) is 5.91 Å². The van der Waals surface area contributed by atoms with Crippen LogP contribution in [0.15, 0.2) is 41.1 Å². The van der Waals surface area contributed by atoms with E-state index in [1.165, 1.54) is 18.3 Å². The Labute approximate surface area is 139 Å². The highest BCUT2D eigenvalue weighted by Crippen LogP contribution is 2.22. The van der Waals surface area contributed by atoms with Crippen molar-refractivity contribution in [3.8, 4) is 0 Å². The summed E-state index contributed by atoms with van der Waals surface area (Å²) < 4.78 is 0. The van der Waals surface area contributed by atoms with Gasteiger partial charge in [0.1, 0.15) is 5.60 Å². The van der Waals surface area contributed by atoms with Gasteiger partial charge in [0, 0.05) is 19.0 Å². The Hall–Kier alpha value is -2.18. The molecule has 0 radical (unpaired) electrons. The lowest BCUT2D eigenvalue weighted by atomic mass is 9.99. The Kier molecular flexibility index (Phi) is 5.52. The Bertz CT molecular complexity index is 664. The van der Waals surface area contributed by atoms with Crippen LogP contribution in [0.4, 0.5) is 0 Å². The fourth-order valence-corrected chi connectivity index (χ4v) is 2.81. The quantitative estimate of drug-likeness (QED) is 0.757. The molecule has 6 heteroatoms. The Morgan fingerprint density at radius 1 is 1.17 bits per heavy atom. The normalized spacial score (nSPS) is 13.2. The molecule has 0 bridgehead atoms. The number of hydrogen-bond donors (Lipinski definition) is 3. The Morgan fingerprint density at radius 2 is 1.87 bits per heavy atom. The number of carbonyl (C=O) groups excluding carboxylic acids is 2. The monoisotopic (exact) mass is 332 g/mol. The summed E-state index contributed by atoms with van der Waals surface area (Å²) in [5.74, 6) is -0.339. The summed E-state index contributed by atoms with van der Waals surface area (Å²) in [6.45, 7) is 3.70. The molecule has 2 amide bonds. The van der Waals surface area contributed by atoms with Crippen LogP contribution in [-0.4, -0.2) is 23.5 Å². The first-order valence-electron chi connectivity index (χ1n) is 7.25. The van der Waals surface area contributed by atoms with E-state index in [0.717, 1.165) is 11.1 Å². The fraction of sp³-hybridized carbons (Fsp3) is 0.294. The molecule has 1 aromatic heterocycles. The second kappa shape index (κ2) is 7.39. The van der Waals surface area contributed by atoms with Gasteiger partial charge >= 0.3 is 0 Å². The Balaban J connectivity index is 1.92. The largest absolute Gasteiger partial charge is 0.384 e. The Morgan fingerprint density at radius 3 is 2.43 bits per heavy atom. The third-order valence-corrected chi connectivity index (χ3v) is 4.18. The average molecular weight is 332 g/mol. The van der Waals surface area contributed by atoms with E-state index in [9.17, 15) is 14.7 Å². The zero-order chi connectivity index (χ0) is 16.9. The van der Waals surface area contributed by atoms with Crippen LogP contribution >= 0.6 is 11.3 Å². The maximum Gasteiger partial charge on any atom is 0.251 e. The van der Waals surface area contributed by atoms with Gasteiger partial charge in [-0.3, -0.25) is 9.59 Å². The van der Waals surface area contributed by atoms with E-state index in [0.29, 0.717) is 12.1 Å². The number of aliphatic hydroxyl groups is 1. The first-order valence-corrected chi connectivity index (χ1v) is 8.19. The van der Waals surface area contributed by atoms with Crippen molar-refractivity contribution in [1.29, 1.82) is 0 Å². The molecule has 0 saturated carbocycles. The molecule has 0 aliphatic carbocycles. The summed E-state index contributed by atoms with van der Waals surface area (Å²) in [5.41, 5.74) is 1.12. The van der Waals surface area contributed by atoms with Crippen LogP contribution in [0, 0.1) is 0 Å². The summed E-state index contributed by atoms with van der Waals surface area (Å²) in [6.07, 6.45) is 0. The van der Waals surface area contributed by atoms with Crippen LogP contribution in [0.25, 0.3) is 0 Å². The van der Waals surface area contributed by atoms with Crippen molar-refractivity contribution < 1.29 is 14.7 Å². The van der Waals surface area contributed by atoms with E-state index in [1.807, 2.05) is 16.8 Å². The SMILES string of the molecule is CC(=O)NCc1ccc(C(=O)NCC(C)(O)c2ccsc2)cc1. The summed E-state index contributed by atoms with van der Waals surface area (Å²) in [6, 6.07) is 8.83. The summed E-state index contributed by atoms with van der Waals surface area (Å²) in [4.78, 5) is 23.0. The molecule has 0 spiro atoms. The maximum absolute atomic E-state index is 12.1. The van der Waals surface area contributed by atoms with E-state index in [-0.39, 0.29) is 18.4 Å². The van der Waals surface area contributed by atoms with Crippen molar-refractivity contribution in [2.45, 2.75) is 26.0 Å². The molecule has 1 atom stereocenters. The predicted octanol–water partition coefficient (Wildman–Crippen LogP) is 2.02. The van der Waals surface area contributed by atoms with Crippen molar-refractivity contribution in [1.82, 2.24) is 10.6 Å². The molecule has 1 unspecified atom stereocenters. The molecule has 0 fully saturated rings. The van der Waals surface area contributed by atoms with Gasteiger partial charge in [0.15, 0.2) is 0 Å². The number of amides is 2. The van der Waals surface area contributed by atoms with E-state index in [2.05, 4.69) is 10.6 Å². The van der Waals surface area contributed by atoms with E-state index >= 15 is 0 Å². The summed E-state index contributed by atoms with van der Waals surface area (Å²) in [5, 5.41) is 19.6. The standard InChI is InChI=1S/C17H20N2O3S/c1-12(20)18-9-13-3-5-14(6-4-13)16(21)19-11-17(2,22)15-7-8-23-10-15/h3-8,10,22H,9,11H2,1-2H3,(H,18,20)(H,19,21). The molecule has 0 aliphatic heterocycles. The molecule has 1 heterocycles. The zero-order valence-corrected chi connectivity index (χ0v) is 13.9. The van der Waals surface area contributed by atoms with Gasteiger partial charge in [-0.15, -0.1) is 0 Å². The van der Waals surface area contributed by atoms with Crippen molar-refractivity contribution in [2.24, 2.45) is 0 Å². The van der Waals surface area contributed by atoms with Gasteiger partial charge in [0.25, 0.3) is 5.91 Å². The molecule has 0 saturated heterocycles. The van der Waals surface area contributed by atoms with E-state index < -0.39 is 5.60 Å². The lowest BCUT2D eigenvalue weighted by Gasteiger charge is -2.22. The number of carbonyl (C=O) groups is 2. The number of thiophene rings is 1. The van der Waals surface area contributed by atoms with Gasteiger partial charge in [-0.25, -0.2) is 0 Å². The lowest BCUT2D eigenvalue weighted by Crippen LogP contribution is -2.38. The van der Waals surface area contributed by atoms with Crippen molar-refractivity contribution in [3.05, 3.63) is 57.8 Å². The van der Waals surface area contributed by atoms with Gasteiger partial charge in [-0.1, -0.05) is 12.1 Å². The smallest absolute Gasteiger partial charge is 0.251 e. The second-order valence-corrected chi connectivity index (χ2v) is 6.36. The molecular formula is C17H20N2O3S. The van der Waals surface area contributed by atoms with E-state index in [4.69, 9.17) is 0 Å². The molecule has 5 nitrogen and oxygen atoms in total. The molecule has 0 aliphatic rings. The molecule has 2 rings (SSSR count). The minimum absolute atomic E-state index is 0.0949. The van der Waals surface area contributed by atoms with Crippen molar-refractivity contribution in [2.75, 3.05) is 6.54 Å². The first kappa shape index (κ1) is 17.2. The van der Waals surface area contributed by atoms with Crippen LogP contribution in [-0.2, 0) is 16.9 Å². The van der Waals surface area contributed by atoms with Gasteiger partial charge < -0.3 is 15.7 Å². The molecule has 122 valence electrons. The molecule has 2 aromatic rings. The zero-order valence-electron chi connectivity index (χ0n) is 13.1. The molecule has 1 aromatic carbocycles. The van der Waals surface area contributed by atoms with Crippen molar-refractivity contribution in [3.63, 3.8) is 0 Å². The number of rotatable bonds is 6. The minimum Gasteiger partial charge on any atom is -0.384 e. The van der Waals surface area contributed by atoms with Crippen LogP contribution in [0.1, 0.15) is 35.3 Å². The molecular weight excluding hydrogens is 312 g/mol. The highest BCUT2D eigenvalue weighted by atomic mass is 32.1. The highest BCUT2D eigenvalue weighted by molar-refractivity contribution is 7.08. The second-order valence-electron chi connectivity index (χ2n) is 5.58. The van der Waals surface area contributed by atoms with Gasteiger partial charge in [0.05, 0.1) is 6.54 Å². The van der Waals surface area contributed by atoms with Crippen LogP contribution < -0.4 is 10.6 Å². The topological polar surface area (TPSA) is 78.4 Å². The van der Waals surface area contributed by atoms with Gasteiger partial charge in [-0.05, 0) is 47.0 Å². The van der Waals surface area contributed by atoms with Crippen molar-refractivity contribution >= 4 is 23.2 Å². The maximum atomic E-state index is 12.1. The van der Waals surface area contributed by atoms with Crippen LogP contribution in [0.3, 0.4) is 0 Å². The first-order chi connectivity index (χ1) is 10.9. The lowest BCUT2D eigenvalue weighted by molar-refractivity contribution is -0.119.